The van der Waals surface area contributed by atoms with Crippen molar-refractivity contribution in [3.8, 4) is 5.75 Å². The first-order chi connectivity index (χ1) is 13.5. The van der Waals surface area contributed by atoms with Gasteiger partial charge in [0.25, 0.3) is 5.91 Å². The van der Waals surface area contributed by atoms with Crippen LogP contribution in [-0.4, -0.2) is 25.1 Å². The molecule has 5 heteroatoms. The summed E-state index contributed by atoms with van der Waals surface area (Å²) in [5.41, 5.74) is 2.56. The molecule has 0 spiro atoms. The first-order valence-electron chi connectivity index (χ1n) is 9.37. The lowest BCUT2D eigenvalue weighted by molar-refractivity contribution is -0.148. The number of benzene rings is 2. The number of ether oxygens (including phenoxy) is 2. The van der Waals surface area contributed by atoms with Gasteiger partial charge in [0.15, 0.2) is 6.10 Å². The molecule has 0 unspecified atom stereocenters. The minimum atomic E-state index is -0.917. The Morgan fingerprint density at radius 2 is 1.75 bits per heavy atom. The molecule has 5 nitrogen and oxygen atoms in total. The van der Waals surface area contributed by atoms with E-state index in [1.165, 1.54) is 6.08 Å². The van der Waals surface area contributed by atoms with Gasteiger partial charge in [0.1, 0.15) is 5.75 Å². The van der Waals surface area contributed by atoms with E-state index in [2.05, 4.69) is 19.2 Å². The van der Waals surface area contributed by atoms with Crippen molar-refractivity contribution >= 4 is 23.6 Å². The summed E-state index contributed by atoms with van der Waals surface area (Å²) in [6.07, 6.45) is 2.93. The molecule has 0 saturated heterocycles. The number of para-hydroxylation sites is 2. The molecule has 148 valence electrons. The average molecular weight is 381 g/mol. The highest BCUT2D eigenvalue weighted by Gasteiger charge is 2.19. The first kappa shape index (κ1) is 21.2. The minimum Gasteiger partial charge on any atom is -0.496 e. The molecule has 0 bridgehead atoms. The zero-order valence-corrected chi connectivity index (χ0v) is 16.8. The van der Waals surface area contributed by atoms with Crippen LogP contribution in [0.25, 0.3) is 6.08 Å². The van der Waals surface area contributed by atoms with Crippen molar-refractivity contribution in [1.29, 1.82) is 0 Å². The van der Waals surface area contributed by atoms with Crippen LogP contribution in [-0.2, 0) is 14.3 Å². The van der Waals surface area contributed by atoms with Crippen LogP contribution < -0.4 is 10.1 Å². The molecule has 1 amide bonds. The molecule has 0 aliphatic heterocycles. The lowest BCUT2D eigenvalue weighted by atomic mass is 9.97. The maximum absolute atomic E-state index is 12.5. The van der Waals surface area contributed by atoms with Crippen LogP contribution in [0.4, 0.5) is 5.69 Å². The second kappa shape index (κ2) is 10.3. The molecule has 0 aromatic heterocycles. The van der Waals surface area contributed by atoms with E-state index in [1.54, 1.807) is 26.2 Å². The first-order valence-corrected chi connectivity index (χ1v) is 9.37. The second-order valence-corrected chi connectivity index (χ2v) is 6.54. The van der Waals surface area contributed by atoms with Crippen LogP contribution in [0.3, 0.4) is 0 Å². The molecule has 0 radical (unpaired) electrons. The number of amides is 1. The monoisotopic (exact) mass is 381 g/mol. The molecule has 0 fully saturated rings. The van der Waals surface area contributed by atoms with Gasteiger partial charge in [-0.2, -0.15) is 0 Å². The van der Waals surface area contributed by atoms with Crippen molar-refractivity contribution in [1.82, 2.24) is 0 Å². The lowest BCUT2D eigenvalue weighted by Gasteiger charge is -2.17. The Hall–Kier alpha value is -3.08. The fourth-order valence-corrected chi connectivity index (χ4v) is 2.72. The van der Waals surface area contributed by atoms with E-state index in [4.69, 9.17) is 9.47 Å². The van der Waals surface area contributed by atoms with E-state index >= 15 is 0 Å². The van der Waals surface area contributed by atoms with Gasteiger partial charge in [0.05, 0.1) is 7.11 Å². The topological polar surface area (TPSA) is 64.6 Å². The summed E-state index contributed by atoms with van der Waals surface area (Å²) in [5.74, 6) is 0.00990. The van der Waals surface area contributed by atoms with Crippen molar-refractivity contribution < 1.29 is 19.1 Å². The molecular formula is C23H27NO4. The van der Waals surface area contributed by atoms with Crippen LogP contribution >= 0.6 is 0 Å². The summed E-state index contributed by atoms with van der Waals surface area (Å²) >= 11 is 0. The Balaban J connectivity index is 1.99. The summed E-state index contributed by atoms with van der Waals surface area (Å²) in [5, 5.41) is 2.86. The third-order valence-corrected chi connectivity index (χ3v) is 4.56. The predicted octanol–water partition coefficient (Wildman–Crippen LogP) is 4.79. The fraction of sp³-hybridized carbons (Fsp3) is 0.304. The summed E-state index contributed by atoms with van der Waals surface area (Å²) in [6, 6.07) is 15.0. The predicted molar refractivity (Wildman–Crippen MR) is 111 cm³/mol. The normalized spacial score (nSPS) is 13.0. The van der Waals surface area contributed by atoms with Crippen molar-refractivity contribution in [3.63, 3.8) is 0 Å². The minimum absolute atomic E-state index is 0.318. The molecule has 2 atom stereocenters. The molecule has 2 rings (SSSR count). The summed E-state index contributed by atoms with van der Waals surface area (Å²) in [6.45, 7) is 5.76. The van der Waals surface area contributed by atoms with Crippen molar-refractivity contribution in [3.05, 3.63) is 65.7 Å². The highest BCUT2D eigenvalue weighted by Crippen LogP contribution is 2.26. The van der Waals surface area contributed by atoms with Crippen molar-refractivity contribution in [2.45, 2.75) is 39.2 Å². The Morgan fingerprint density at radius 3 is 2.46 bits per heavy atom. The number of rotatable bonds is 8. The van der Waals surface area contributed by atoms with Gasteiger partial charge in [-0.25, -0.2) is 4.79 Å². The zero-order chi connectivity index (χ0) is 20.5. The van der Waals surface area contributed by atoms with Gasteiger partial charge in [-0.05, 0) is 43.0 Å². The SMILES string of the molecule is CC[C@H](C)c1ccccc1NC(=O)[C@H](C)OC(=O)/C=C/c1ccccc1OC. The van der Waals surface area contributed by atoms with Crippen LogP contribution in [0.5, 0.6) is 5.75 Å². The molecule has 2 aromatic carbocycles. The Labute approximate surface area is 166 Å². The van der Waals surface area contributed by atoms with E-state index in [0.29, 0.717) is 11.7 Å². The largest absolute Gasteiger partial charge is 0.496 e. The summed E-state index contributed by atoms with van der Waals surface area (Å²) in [7, 11) is 1.56. The summed E-state index contributed by atoms with van der Waals surface area (Å²) in [4.78, 5) is 24.5. The molecule has 0 aliphatic rings. The van der Waals surface area contributed by atoms with Crippen LogP contribution in [0.1, 0.15) is 44.2 Å². The maximum Gasteiger partial charge on any atom is 0.331 e. The maximum atomic E-state index is 12.5. The molecule has 2 aromatic rings. The number of methoxy groups -OCH3 is 1. The Morgan fingerprint density at radius 1 is 1.07 bits per heavy atom. The lowest BCUT2D eigenvalue weighted by Crippen LogP contribution is -2.29. The van der Waals surface area contributed by atoms with Crippen LogP contribution in [0.15, 0.2) is 54.6 Å². The number of hydrogen-bond acceptors (Lipinski definition) is 4. The standard InChI is InChI=1S/C23H27NO4/c1-5-16(2)19-11-7-8-12-20(19)24-23(26)17(3)28-22(25)15-14-18-10-6-9-13-21(18)27-4/h6-17H,5H2,1-4H3,(H,24,26)/b15-14+/t16-,17-/m0/s1. The van der Waals surface area contributed by atoms with Gasteiger partial charge < -0.3 is 14.8 Å². The van der Waals surface area contributed by atoms with E-state index < -0.39 is 12.1 Å². The second-order valence-electron chi connectivity index (χ2n) is 6.54. The quantitative estimate of drug-likeness (QED) is 0.527. The van der Waals surface area contributed by atoms with E-state index in [0.717, 1.165) is 23.2 Å². The average Bonchev–Trinajstić information content (AvgIpc) is 2.72. The number of nitrogens with one attached hydrogen (secondary N) is 1. The van der Waals surface area contributed by atoms with Gasteiger partial charge >= 0.3 is 5.97 Å². The third-order valence-electron chi connectivity index (χ3n) is 4.56. The number of anilines is 1. The van der Waals surface area contributed by atoms with Gasteiger partial charge in [-0.15, -0.1) is 0 Å². The molecule has 28 heavy (non-hydrogen) atoms. The number of esters is 1. The van der Waals surface area contributed by atoms with E-state index in [1.807, 2.05) is 42.5 Å². The van der Waals surface area contributed by atoms with Crippen molar-refractivity contribution in [2.24, 2.45) is 0 Å². The summed E-state index contributed by atoms with van der Waals surface area (Å²) < 4.78 is 10.5. The van der Waals surface area contributed by atoms with Crippen LogP contribution in [0.2, 0.25) is 0 Å². The van der Waals surface area contributed by atoms with Gasteiger partial charge in [-0.1, -0.05) is 50.2 Å². The Kier molecular flexibility index (Phi) is 7.81. The van der Waals surface area contributed by atoms with Gasteiger partial charge in [-0.3, -0.25) is 4.79 Å². The van der Waals surface area contributed by atoms with Gasteiger partial charge in [0, 0.05) is 17.3 Å². The smallest absolute Gasteiger partial charge is 0.331 e. The molecule has 0 aliphatic carbocycles. The third kappa shape index (κ3) is 5.71. The molecule has 1 N–H and O–H groups in total. The zero-order valence-electron chi connectivity index (χ0n) is 16.8. The van der Waals surface area contributed by atoms with E-state index in [9.17, 15) is 9.59 Å². The van der Waals surface area contributed by atoms with Crippen LogP contribution in [0, 0.1) is 0 Å². The molecule has 0 heterocycles. The fourth-order valence-electron chi connectivity index (χ4n) is 2.72. The van der Waals surface area contributed by atoms with E-state index in [-0.39, 0.29) is 5.91 Å². The molecular weight excluding hydrogens is 354 g/mol. The van der Waals surface area contributed by atoms with Gasteiger partial charge in [0.2, 0.25) is 0 Å². The highest BCUT2D eigenvalue weighted by molar-refractivity contribution is 5.97. The number of hydrogen-bond donors (Lipinski definition) is 1. The van der Waals surface area contributed by atoms with Crippen molar-refractivity contribution in [2.75, 3.05) is 12.4 Å². The number of carbonyl (C=O) groups excluding carboxylic acids is 2. The Bertz CT molecular complexity index is 844. The number of carbonyl (C=O) groups is 2. The highest BCUT2D eigenvalue weighted by atomic mass is 16.5. The molecule has 0 saturated carbocycles.